The zero-order chi connectivity index (χ0) is 23.7. The number of nitrogens with one attached hydrogen (secondary N) is 2. The second-order valence-corrected chi connectivity index (χ2v) is 17.6. The Labute approximate surface area is 197 Å². The SMILES string of the molecule is CC1CC(C(C)C)C(N[Si](C)(C)NC2C(C(C)C)CC(C)CC2C(C)C)C(C(C)C)C1. The molecule has 0 spiro atoms. The largest absolute Gasteiger partial charge is 0.322 e. The minimum atomic E-state index is -1.77. The highest BCUT2D eigenvalue weighted by atomic mass is 28.3. The van der Waals surface area contributed by atoms with Crippen molar-refractivity contribution in [2.24, 2.45) is 59.2 Å². The Bertz CT molecular complexity index is 459. The highest BCUT2D eigenvalue weighted by molar-refractivity contribution is 6.72. The van der Waals surface area contributed by atoms with Crippen molar-refractivity contribution in [1.29, 1.82) is 0 Å². The third kappa shape index (κ3) is 7.06. The summed E-state index contributed by atoms with van der Waals surface area (Å²) in [4.78, 5) is 8.77. The maximum atomic E-state index is 4.38. The van der Waals surface area contributed by atoms with Crippen LogP contribution in [-0.4, -0.2) is 20.5 Å². The van der Waals surface area contributed by atoms with Crippen LogP contribution in [0.1, 0.15) is 94.9 Å². The lowest BCUT2D eigenvalue weighted by Crippen LogP contribution is -2.70. The molecule has 0 saturated heterocycles. The predicted molar refractivity (Wildman–Crippen MR) is 141 cm³/mol. The van der Waals surface area contributed by atoms with Gasteiger partial charge in [0.2, 0.25) is 0 Å². The molecule has 2 rings (SSSR count). The van der Waals surface area contributed by atoms with Gasteiger partial charge in [-0.25, -0.2) is 0 Å². The third-order valence-electron chi connectivity index (χ3n) is 9.02. The van der Waals surface area contributed by atoms with E-state index in [1.54, 1.807) is 0 Å². The lowest BCUT2D eigenvalue weighted by atomic mass is 9.65. The van der Waals surface area contributed by atoms with Gasteiger partial charge in [-0.3, -0.25) is 0 Å². The molecule has 2 N–H and O–H groups in total. The summed E-state index contributed by atoms with van der Waals surface area (Å²) in [5, 5.41) is 0. The van der Waals surface area contributed by atoms with Crippen LogP contribution < -0.4 is 9.96 Å². The van der Waals surface area contributed by atoms with Crippen molar-refractivity contribution >= 4 is 8.40 Å². The van der Waals surface area contributed by atoms with E-state index in [2.05, 4.69) is 92.3 Å². The summed E-state index contributed by atoms with van der Waals surface area (Å²) in [6.07, 6.45) is 5.58. The van der Waals surface area contributed by atoms with E-state index in [-0.39, 0.29) is 0 Å². The van der Waals surface area contributed by atoms with Gasteiger partial charge in [-0.05, 0) is 98.0 Å². The first kappa shape index (κ1) is 27.4. The van der Waals surface area contributed by atoms with Gasteiger partial charge in [0.15, 0.2) is 8.40 Å². The predicted octanol–water partition coefficient (Wildman–Crippen LogP) is 7.55. The van der Waals surface area contributed by atoms with E-state index in [9.17, 15) is 0 Å². The van der Waals surface area contributed by atoms with E-state index < -0.39 is 8.40 Å². The average molecular weight is 451 g/mol. The average Bonchev–Trinajstić information content (AvgIpc) is 2.62. The minimum absolute atomic E-state index is 0.669. The van der Waals surface area contributed by atoms with Crippen LogP contribution in [-0.2, 0) is 0 Å². The Hall–Kier alpha value is 0.137. The van der Waals surface area contributed by atoms with Crippen molar-refractivity contribution in [3.63, 3.8) is 0 Å². The molecule has 184 valence electrons. The van der Waals surface area contributed by atoms with Crippen LogP contribution >= 0.6 is 0 Å². The first-order chi connectivity index (χ1) is 14.2. The molecule has 0 aromatic carbocycles. The van der Waals surface area contributed by atoms with Gasteiger partial charge in [0.1, 0.15) is 0 Å². The second kappa shape index (κ2) is 11.0. The fourth-order valence-corrected chi connectivity index (χ4v) is 9.93. The summed E-state index contributed by atoms with van der Waals surface area (Å²) in [5.74, 6) is 7.98. The molecule has 4 atom stereocenters. The first-order valence-corrected chi connectivity index (χ1v) is 16.8. The molecule has 0 aliphatic heterocycles. The maximum absolute atomic E-state index is 4.38. The molecule has 31 heavy (non-hydrogen) atoms. The summed E-state index contributed by atoms with van der Waals surface area (Å²) in [6.45, 7) is 29.8. The Kier molecular flexibility index (Phi) is 9.75. The Morgan fingerprint density at radius 3 is 0.935 bits per heavy atom. The van der Waals surface area contributed by atoms with E-state index in [0.29, 0.717) is 12.1 Å². The molecule has 2 saturated carbocycles. The van der Waals surface area contributed by atoms with Crippen molar-refractivity contribution in [3.8, 4) is 0 Å². The topological polar surface area (TPSA) is 24.1 Å². The van der Waals surface area contributed by atoms with Gasteiger partial charge < -0.3 is 9.96 Å². The van der Waals surface area contributed by atoms with Crippen LogP contribution in [0.15, 0.2) is 0 Å². The van der Waals surface area contributed by atoms with Crippen LogP contribution in [0.5, 0.6) is 0 Å². The van der Waals surface area contributed by atoms with Crippen molar-refractivity contribution in [2.75, 3.05) is 0 Å². The van der Waals surface area contributed by atoms with Crippen LogP contribution in [0.25, 0.3) is 0 Å². The maximum Gasteiger partial charge on any atom is 0.195 e. The van der Waals surface area contributed by atoms with Gasteiger partial charge in [0, 0.05) is 12.1 Å². The van der Waals surface area contributed by atoms with E-state index in [1.165, 1.54) is 25.7 Å². The number of hydrogen-bond acceptors (Lipinski definition) is 2. The van der Waals surface area contributed by atoms with Gasteiger partial charge in [0.05, 0.1) is 0 Å². The lowest BCUT2D eigenvalue weighted by Gasteiger charge is -2.51. The first-order valence-electron chi connectivity index (χ1n) is 13.8. The van der Waals surface area contributed by atoms with Gasteiger partial charge >= 0.3 is 0 Å². The van der Waals surface area contributed by atoms with Crippen LogP contribution in [0.3, 0.4) is 0 Å². The molecule has 0 amide bonds. The molecule has 0 aromatic rings. The molecule has 2 aliphatic carbocycles. The van der Waals surface area contributed by atoms with Gasteiger partial charge in [0.25, 0.3) is 0 Å². The molecule has 0 radical (unpaired) electrons. The van der Waals surface area contributed by atoms with E-state index in [0.717, 1.165) is 59.2 Å². The molecule has 2 aliphatic rings. The number of rotatable bonds is 8. The molecule has 0 bridgehead atoms. The second-order valence-electron chi connectivity index (χ2n) is 13.7. The molecule has 0 heterocycles. The standard InChI is InChI=1S/C28H58N2Si/c1-17(2)23-13-21(9)14-24(18(3)4)27(23)29-31(11,12)30-28-25(19(5)6)15-22(10)16-26(28)20(7)8/h17-30H,13-16H2,1-12H3. The van der Waals surface area contributed by atoms with Crippen LogP contribution in [0.4, 0.5) is 0 Å². The number of hydrogen-bond donors (Lipinski definition) is 2. The summed E-state index contributed by atoms with van der Waals surface area (Å²) in [5.41, 5.74) is 0. The van der Waals surface area contributed by atoms with Crippen LogP contribution in [0.2, 0.25) is 13.1 Å². The van der Waals surface area contributed by atoms with Crippen molar-refractivity contribution < 1.29 is 0 Å². The van der Waals surface area contributed by atoms with E-state index in [1.807, 2.05) is 0 Å². The van der Waals surface area contributed by atoms with Gasteiger partial charge in [-0.2, -0.15) is 0 Å². The van der Waals surface area contributed by atoms with Crippen molar-refractivity contribution in [1.82, 2.24) is 9.96 Å². The lowest BCUT2D eigenvalue weighted by molar-refractivity contribution is 0.0841. The highest BCUT2D eigenvalue weighted by Crippen LogP contribution is 2.43. The monoisotopic (exact) mass is 450 g/mol. The molecule has 2 nitrogen and oxygen atoms in total. The molecule has 3 heteroatoms. The van der Waals surface area contributed by atoms with E-state index in [4.69, 9.17) is 0 Å². The summed E-state index contributed by atoms with van der Waals surface area (Å²) in [7, 11) is -1.77. The van der Waals surface area contributed by atoms with Crippen LogP contribution in [0, 0.1) is 59.2 Å². The Morgan fingerprint density at radius 2 is 0.742 bits per heavy atom. The molecule has 4 unspecified atom stereocenters. The minimum Gasteiger partial charge on any atom is -0.322 e. The summed E-state index contributed by atoms with van der Waals surface area (Å²) >= 11 is 0. The fourth-order valence-electron chi connectivity index (χ4n) is 7.32. The summed E-state index contributed by atoms with van der Waals surface area (Å²) in [6, 6.07) is 1.34. The third-order valence-corrected chi connectivity index (χ3v) is 11.1. The smallest absolute Gasteiger partial charge is 0.195 e. The zero-order valence-corrected chi connectivity index (χ0v) is 24.3. The molecular formula is C28H58N2Si. The fraction of sp³-hybridized carbons (Fsp3) is 1.00. The van der Waals surface area contributed by atoms with Crippen molar-refractivity contribution in [2.45, 2.75) is 120 Å². The summed E-state index contributed by atoms with van der Waals surface area (Å²) < 4.78 is 0. The normalized spacial score (nSPS) is 37.9. The Balaban J connectivity index is 2.27. The Morgan fingerprint density at radius 1 is 0.516 bits per heavy atom. The highest BCUT2D eigenvalue weighted by Gasteiger charge is 2.45. The quantitative estimate of drug-likeness (QED) is 0.373. The molecule has 2 fully saturated rings. The van der Waals surface area contributed by atoms with E-state index >= 15 is 0 Å². The van der Waals surface area contributed by atoms with Crippen molar-refractivity contribution in [3.05, 3.63) is 0 Å². The molecular weight excluding hydrogens is 392 g/mol. The molecule has 0 aromatic heterocycles. The van der Waals surface area contributed by atoms with Gasteiger partial charge in [-0.1, -0.05) is 69.2 Å². The van der Waals surface area contributed by atoms with Gasteiger partial charge in [-0.15, -0.1) is 0 Å². The zero-order valence-electron chi connectivity index (χ0n) is 23.3.